The molecule has 0 saturated carbocycles. The molecule has 0 aliphatic heterocycles. The second-order valence-electron chi connectivity index (χ2n) is 2.91. The fraction of sp³-hybridized carbons (Fsp3) is 0.333. The third kappa shape index (κ3) is 4.83. The molecule has 0 N–H and O–H groups in total. The zero-order chi connectivity index (χ0) is 11.5. The fourth-order valence-electron chi connectivity index (χ4n) is 1.02. The summed E-state index contributed by atoms with van der Waals surface area (Å²) in [6.07, 6.45) is -3.14. The normalized spacial score (nSPS) is 13.6. The van der Waals surface area contributed by atoms with Gasteiger partial charge in [-0.05, 0) is 17.7 Å². The lowest BCUT2D eigenvalue weighted by molar-refractivity contribution is -0.274. The van der Waals surface area contributed by atoms with Crippen LogP contribution in [-0.4, -0.2) is 16.8 Å². The Bertz CT molecular complexity index is 345. The van der Waals surface area contributed by atoms with Gasteiger partial charge in [-0.1, -0.05) is 12.1 Å². The maximum Gasteiger partial charge on any atom is 0.573 e. The van der Waals surface area contributed by atoms with Crippen molar-refractivity contribution in [2.45, 2.75) is 12.1 Å². The van der Waals surface area contributed by atoms with Crippen LogP contribution in [0.1, 0.15) is 5.56 Å². The van der Waals surface area contributed by atoms with E-state index in [0.29, 0.717) is 11.3 Å². The van der Waals surface area contributed by atoms with Crippen LogP contribution in [0.25, 0.3) is 0 Å². The molecule has 2 nitrogen and oxygen atoms in total. The monoisotopic (exact) mass is 238 g/mol. The highest BCUT2D eigenvalue weighted by Gasteiger charge is 2.30. The summed E-state index contributed by atoms with van der Waals surface area (Å²) in [4.78, 5) is 0. The lowest BCUT2D eigenvalue weighted by Gasteiger charge is -2.08. The molecule has 0 aliphatic rings. The number of benzene rings is 1. The molecule has 84 valence electrons. The Balaban J connectivity index is 2.68. The first-order chi connectivity index (χ1) is 6.87. The Hall–Kier alpha value is -1.04. The van der Waals surface area contributed by atoms with Gasteiger partial charge in [-0.15, -0.1) is 13.2 Å². The molecular weight excluding hydrogens is 229 g/mol. The number of hydrogen-bond donors (Lipinski definition) is 0. The van der Waals surface area contributed by atoms with Gasteiger partial charge in [0.05, 0.1) is 0 Å². The lowest BCUT2D eigenvalue weighted by atomic mass is 10.2. The lowest BCUT2D eigenvalue weighted by Crippen LogP contribution is -2.17. The Morgan fingerprint density at radius 2 is 1.80 bits per heavy atom. The van der Waals surface area contributed by atoms with Crippen LogP contribution in [0.5, 0.6) is 5.75 Å². The minimum Gasteiger partial charge on any atom is -0.406 e. The minimum absolute atomic E-state index is 0.270. The first-order valence-electron chi connectivity index (χ1n) is 4.01. The molecule has 1 atom stereocenters. The van der Waals surface area contributed by atoms with Gasteiger partial charge in [-0.2, -0.15) is 0 Å². The number of rotatable bonds is 3. The number of alkyl halides is 3. The third-order valence-electron chi connectivity index (χ3n) is 1.53. The van der Waals surface area contributed by atoms with Crippen molar-refractivity contribution in [3.05, 3.63) is 29.8 Å². The topological polar surface area (TPSA) is 26.3 Å². The van der Waals surface area contributed by atoms with E-state index in [4.69, 9.17) is 0 Å². The van der Waals surface area contributed by atoms with Gasteiger partial charge >= 0.3 is 6.36 Å². The van der Waals surface area contributed by atoms with Crippen molar-refractivity contribution >= 4 is 10.8 Å². The van der Waals surface area contributed by atoms with Crippen LogP contribution in [-0.2, 0) is 16.6 Å². The highest BCUT2D eigenvalue weighted by molar-refractivity contribution is 7.83. The van der Waals surface area contributed by atoms with Crippen LogP contribution in [0.2, 0.25) is 0 Å². The summed E-state index contributed by atoms with van der Waals surface area (Å²) in [5.74, 6) is 0.0554. The predicted molar refractivity (Wildman–Crippen MR) is 50.9 cm³/mol. The molecule has 15 heavy (non-hydrogen) atoms. The largest absolute Gasteiger partial charge is 0.573 e. The van der Waals surface area contributed by atoms with E-state index in [0.717, 1.165) is 0 Å². The van der Waals surface area contributed by atoms with Gasteiger partial charge in [0, 0.05) is 22.8 Å². The standard InChI is InChI=1S/C9H9F3O2S/c1-15(13)6-7-2-4-8(5-3-7)14-9(10,11)12/h2-5H,6H2,1H3. The summed E-state index contributed by atoms with van der Waals surface area (Å²) in [6.45, 7) is 0. The molecule has 0 fully saturated rings. The quantitative estimate of drug-likeness (QED) is 0.808. The van der Waals surface area contributed by atoms with Crippen molar-refractivity contribution in [2.24, 2.45) is 0 Å². The average molecular weight is 238 g/mol. The third-order valence-corrected chi connectivity index (χ3v) is 2.27. The van der Waals surface area contributed by atoms with Gasteiger partial charge in [0.15, 0.2) is 0 Å². The Kier molecular flexibility index (Phi) is 3.73. The molecular formula is C9H9F3O2S. The van der Waals surface area contributed by atoms with E-state index < -0.39 is 17.2 Å². The average Bonchev–Trinajstić information content (AvgIpc) is 2.05. The second-order valence-corrected chi connectivity index (χ2v) is 4.34. The number of hydrogen-bond acceptors (Lipinski definition) is 2. The molecule has 0 aliphatic carbocycles. The van der Waals surface area contributed by atoms with Crippen LogP contribution in [0, 0.1) is 0 Å². The molecule has 1 aromatic rings. The fourth-order valence-corrected chi connectivity index (χ4v) is 1.68. The van der Waals surface area contributed by atoms with E-state index >= 15 is 0 Å². The smallest absolute Gasteiger partial charge is 0.406 e. The predicted octanol–water partition coefficient (Wildman–Crippen LogP) is 2.46. The van der Waals surface area contributed by atoms with Gasteiger partial charge in [-0.3, -0.25) is 4.21 Å². The van der Waals surface area contributed by atoms with Gasteiger partial charge in [0.2, 0.25) is 0 Å². The first kappa shape index (κ1) is 12.0. The summed E-state index contributed by atoms with van der Waals surface area (Å²) in [5.41, 5.74) is 0.713. The van der Waals surface area contributed by atoms with Gasteiger partial charge in [-0.25, -0.2) is 0 Å². The van der Waals surface area contributed by atoms with Crippen LogP contribution in [0.3, 0.4) is 0 Å². The van der Waals surface area contributed by atoms with Gasteiger partial charge in [0.1, 0.15) is 5.75 Å². The molecule has 0 saturated heterocycles. The van der Waals surface area contributed by atoms with E-state index in [1.807, 2.05) is 0 Å². The summed E-state index contributed by atoms with van der Waals surface area (Å²) < 4.78 is 49.9. The molecule has 0 aromatic heterocycles. The second kappa shape index (κ2) is 4.65. The Morgan fingerprint density at radius 1 is 1.27 bits per heavy atom. The van der Waals surface area contributed by atoms with E-state index in [9.17, 15) is 17.4 Å². The van der Waals surface area contributed by atoms with Crippen LogP contribution >= 0.6 is 0 Å². The maximum absolute atomic E-state index is 11.8. The van der Waals surface area contributed by atoms with Gasteiger partial charge in [0.25, 0.3) is 0 Å². The molecule has 1 rings (SSSR count). The Labute approximate surface area is 87.5 Å². The van der Waals surface area contributed by atoms with Crippen molar-refractivity contribution in [1.29, 1.82) is 0 Å². The maximum atomic E-state index is 11.8. The molecule has 0 spiro atoms. The van der Waals surface area contributed by atoms with Crippen LogP contribution < -0.4 is 4.74 Å². The molecule has 0 radical (unpaired) electrons. The van der Waals surface area contributed by atoms with Crippen molar-refractivity contribution in [2.75, 3.05) is 6.26 Å². The Morgan fingerprint density at radius 3 is 2.20 bits per heavy atom. The molecule has 0 heterocycles. The first-order valence-corrected chi connectivity index (χ1v) is 5.74. The molecule has 0 amide bonds. The molecule has 0 bridgehead atoms. The van der Waals surface area contributed by atoms with Crippen LogP contribution in [0.15, 0.2) is 24.3 Å². The van der Waals surface area contributed by atoms with E-state index in [1.165, 1.54) is 30.5 Å². The molecule has 6 heteroatoms. The van der Waals surface area contributed by atoms with Crippen molar-refractivity contribution in [3.8, 4) is 5.75 Å². The molecule has 1 unspecified atom stereocenters. The highest BCUT2D eigenvalue weighted by atomic mass is 32.2. The van der Waals surface area contributed by atoms with E-state index in [1.54, 1.807) is 0 Å². The van der Waals surface area contributed by atoms with E-state index in [-0.39, 0.29) is 5.75 Å². The van der Waals surface area contributed by atoms with Crippen molar-refractivity contribution in [1.82, 2.24) is 0 Å². The SMILES string of the molecule is CS(=O)Cc1ccc(OC(F)(F)F)cc1. The summed E-state index contributed by atoms with van der Waals surface area (Å²) in [5, 5.41) is 0. The number of halogens is 3. The summed E-state index contributed by atoms with van der Waals surface area (Å²) in [7, 11) is -1.01. The highest BCUT2D eigenvalue weighted by Crippen LogP contribution is 2.22. The number of ether oxygens (including phenoxy) is 1. The van der Waals surface area contributed by atoms with Gasteiger partial charge < -0.3 is 4.74 Å². The van der Waals surface area contributed by atoms with Crippen molar-refractivity contribution < 1.29 is 22.1 Å². The summed E-state index contributed by atoms with van der Waals surface area (Å²) >= 11 is 0. The van der Waals surface area contributed by atoms with Crippen LogP contribution in [0.4, 0.5) is 13.2 Å². The zero-order valence-electron chi connectivity index (χ0n) is 7.88. The zero-order valence-corrected chi connectivity index (χ0v) is 8.69. The van der Waals surface area contributed by atoms with E-state index in [2.05, 4.69) is 4.74 Å². The summed E-state index contributed by atoms with van der Waals surface area (Å²) in [6, 6.07) is 5.33. The van der Waals surface area contributed by atoms with Crippen molar-refractivity contribution in [3.63, 3.8) is 0 Å². The molecule has 1 aromatic carbocycles. The minimum atomic E-state index is -4.67.